The standard InChI is InChI=1S/C14H20N2O5/c1-2-21-10(17)6-9-16-12(19)14(7-4-3-5-8-14)11(18)15-13(16)20/h2-9H2,1H3,(H,15,18,20). The van der Waals surface area contributed by atoms with Gasteiger partial charge >= 0.3 is 12.0 Å². The van der Waals surface area contributed by atoms with Crippen molar-refractivity contribution < 1.29 is 23.9 Å². The molecule has 116 valence electrons. The van der Waals surface area contributed by atoms with Crippen LogP contribution in [-0.2, 0) is 19.1 Å². The third-order valence-corrected chi connectivity index (χ3v) is 4.11. The van der Waals surface area contributed by atoms with E-state index in [1.165, 1.54) is 0 Å². The van der Waals surface area contributed by atoms with Gasteiger partial charge in [-0.3, -0.25) is 24.6 Å². The topological polar surface area (TPSA) is 92.8 Å². The monoisotopic (exact) mass is 296 g/mol. The summed E-state index contributed by atoms with van der Waals surface area (Å²) in [5.41, 5.74) is -1.12. The van der Waals surface area contributed by atoms with Crippen LogP contribution in [0.2, 0.25) is 0 Å². The number of carbonyl (C=O) groups excluding carboxylic acids is 4. The van der Waals surface area contributed by atoms with Gasteiger partial charge in [0.25, 0.3) is 0 Å². The normalized spacial score (nSPS) is 21.4. The number of amides is 4. The number of nitrogens with zero attached hydrogens (tertiary/aromatic N) is 1. The van der Waals surface area contributed by atoms with E-state index in [1.807, 2.05) is 0 Å². The SMILES string of the molecule is CCOC(=O)CCN1C(=O)NC(=O)C2(CCCCC2)C1=O. The molecule has 1 saturated carbocycles. The first-order valence-electron chi connectivity index (χ1n) is 7.34. The molecule has 0 aromatic heterocycles. The second-order valence-electron chi connectivity index (χ2n) is 5.41. The van der Waals surface area contributed by atoms with Gasteiger partial charge in [0, 0.05) is 6.54 Å². The molecule has 4 amide bonds. The summed E-state index contributed by atoms with van der Waals surface area (Å²) < 4.78 is 4.79. The molecule has 1 N–H and O–H groups in total. The van der Waals surface area contributed by atoms with E-state index in [4.69, 9.17) is 4.74 Å². The Morgan fingerprint density at radius 2 is 1.90 bits per heavy atom. The molecule has 0 aromatic carbocycles. The number of hydrogen-bond donors (Lipinski definition) is 1. The minimum atomic E-state index is -1.12. The number of hydrogen-bond acceptors (Lipinski definition) is 5. The van der Waals surface area contributed by atoms with Crippen molar-refractivity contribution in [3.63, 3.8) is 0 Å². The molecule has 2 aliphatic rings. The molecule has 2 fully saturated rings. The third-order valence-electron chi connectivity index (χ3n) is 4.11. The molecule has 0 atom stereocenters. The molecule has 1 aliphatic heterocycles. The lowest BCUT2D eigenvalue weighted by molar-refractivity contribution is -0.154. The van der Waals surface area contributed by atoms with Crippen LogP contribution in [0.4, 0.5) is 4.79 Å². The highest BCUT2D eigenvalue weighted by molar-refractivity contribution is 6.19. The van der Waals surface area contributed by atoms with Crippen LogP contribution in [0, 0.1) is 5.41 Å². The van der Waals surface area contributed by atoms with E-state index in [2.05, 4.69) is 5.32 Å². The zero-order valence-corrected chi connectivity index (χ0v) is 12.1. The number of imide groups is 2. The summed E-state index contributed by atoms with van der Waals surface area (Å²) >= 11 is 0. The summed E-state index contributed by atoms with van der Waals surface area (Å²) in [6, 6.07) is -0.745. The number of nitrogens with one attached hydrogen (secondary N) is 1. The molecule has 0 bridgehead atoms. The lowest BCUT2D eigenvalue weighted by atomic mass is 9.71. The van der Waals surface area contributed by atoms with Crippen molar-refractivity contribution in [1.29, 1.82) is 0 Å². The molecular weight excluding hydrogens is 276 g/mol. The highest BCUT2D eigenvalue weighted by atomic mass is 16.5. The summed E-state index contributed by atoms with van der Waals surface area (Å²) in [5, 5.41) is 2.25. The van der Waals surface area contributed by atoms with Crippen molar-refractivity contribution in [2.75, 3.05) is 13.2 Å². The smallest absolute Gasteiger partial charge is 0.330 e. The van der Waals surface area contributed by atoms with Crippen LogP contribution in [0.3, 0.4) is 0 Å². The van der Waals surface area contributed by atoms with E-state index in [-0.39, 0.29) is 19.6 Å². The van der Waals surface area contributed by atoms with E-state index in [0.717, 1.165) is 24.2 Å². The van der Waals surface area contributed by atoms with Crippen LogP contribution in [0.25, 0.3) is 0 Å². The maximum absolute atomic E-state index is 12.6. The van der Waals surface area contributed by atoms with Gasteiger partial charge in [0.2, 0.25) is 11.8 Å². The van der Waals surface area contributed by atoms with E-state index in [0.29, 0.717) is 12.8 Å². The quantitative estimate of drug-likeness (QED) is 0.616. The first kappa shape index (κ1) is 15.5. The molecule has 2 rings (SSSR count). The second kappa shape index (κ2) is 6.24. The van der Waals surface area contributed by atoms with Crippen LogP contribution >= 0.6 is 0 Å². The van der Waals surface area contributed by atoms with Crippen LogP contribution < -0.4 is 5.32 Å². The lowest BCUT2D eigenvalue weighted by Gasteiger charge is -2.41. The van der Waals surface area contributed by atoms with Crippen molar-refractivity contribution in [2.45, 2.75) is 45.4 Å². The number of urea groups is 1. The fraction of sp³-hybridized carbons (Fsp3) is 0.714. The van der Waals surface area contributed by atoms with Gasteiger partial charge in [-0.05, 0) is 19.8 Å². The lowest BCUT2D eigenvalue weighted by Crippen LogP contribution is -2.64. The van der Waals surface area contributed by atoms with Crippen molar-refractivity contribution >= 4 is 23.8 Å². The highest BCUT2D eigenvalue weighted by Crippen LogP contribution is 2.40. The van der Waals surface area contributed by atoms with Gasteiger partial charge in [-0.25, -0.2) is 4.79 Å². The minimum absolute atomic E-state index is 0.0570. The van der Waals surface area contributed by atoms with Gasteiger partial charge < -0.3 is 4.74 Å². The molecule has 1 saturated heterocycles. The average molecular weight is 296 g/mol. The Bertz CT molecular complexity index is 468. The first-order chi connectivity index (χ1) is 10.0. The summed E-state index contributed by atoms with van der Waals surface area (Å²) in [6.45, 7) is 1.88. The summed E-state index contributed by atoms with van der Waals surface area (Å²) in [4.78, 5) is 48.9. The van der Waals surface area contributed by atoms with E-state index < -0.39 is 29.2 Å². The van der Waals surface area contributed by atoms with Gasteiger partial charge in [-0.1, -0.05) is 19.3 Å². The van der Waals surface area contributed by atoms with Crippen LogP contribution in [-0.4, -0.2) is 41.9 Å². The molecule has 0 aromatic rings. The third kappa shape index (κ3) is 2.91. The van der Waals surface area contributed by atoms with Crippen molar-refractivity contribution in [3.05, 3.63) is 0 Å². The first-order valence-corrected chi connectivity index (χ1v) is 7.34. The van der Waals surface area contributed by atoms with Gasteiger partial charge in [0.15, 0.2) is 0 Å². The minimum Gasteiger partial charge on any atom is -0.466 e. The van der Waals surface area contributed by atoms with Gasteiger partial charge in [0.1, 0.15) is 5.41 Å². The highest BCUT2D eigenvalue weighted by Gasteiger charge is 2.53. The van der Waals surface area contributed by atoms with Gasteiger partial charge in [0.05, 0.1) is 13.0 Å². The van der Waals surface area contributed by atoms with Crippen molar-refractivity contribution in [1.82, 2.24) is 10.2 Å². The Morgan fingerprint density at radius 3 is 2.52 bits per heavy atom. The second-order valence-corrected chi connectivity index (χ2v) is 5.41. The Morgan fingerprint density at radius 1 is 1.24 bits per heavy atom. The predicted octanol–water partition coefficient (Wildman–Crippen LogP) is 0.968. The molecule has 7 nitrogen and oxygen atoms in total. The van der Waals surface area contributed by atoms with Gasteiger partial charge in [-0.15, -0.1) is 0 Å². The molecule has 1 heterocycles. The Labute approximate surface area is 123 Å². The average Bonchev–Trinajstić information content (AvgIpc) is 2.46. The molecule has 1 spiro atoms. The number of rotatable bonds is 4. The van der Waals surface area contributed by atoms with E-state index >= 15 is 0 Å². The Balaban J connectivity index is 2.10. The number of barbiturate groups is 1. The predicted molar refractivity (Wildman–Crippen MR) is 72.0 cm³/mol. The molecule has 0 radical (unpaired) electrons. The maximum Gasteiger partial charge on any atom is 0.330 e. The largest absolute Gasteiger partial charge is 0.466 e. The number of carbonyl (C=O) groups is 4. The van der Waals surface area contributed by atoms with Crippen LogP contribution in [0.15, 0.2) is 0 Å². The summed E-state index contributed by atoms with van der Waals surface area (Å²) in [5.74, 6) is -1.43. The number of esters is 1. The summed E-state index contributed by atoms with van der Waals surface area (Å²) in [6.07, 6.45) is 3.43. The van der Waals surface area contributed by atoms with Gasteiger partial charge in [-0.2, -0.15) is 0 Å². The maximum atomic E-state index is 12.6. The Kier molecular flexibility index (Phi) is 4.59. The number of ether oxygens (including phenoxy) is 1. The molecule has 7 heteroatoms. The van der Waals surface area contributed by atoms with Crippen LogP contribution in [0.1, 0.15) is 45.4 Å². The van der Waals surface area contributed by atoms with Crippen molar-refractivity contribution in [2.24, 2.45) is 5.41 Å². The molecular formula is C14H20N2O5. The summed E-state index contributed by atoms with van der Waals surface area (Å²) in [7, 11) is 0. The molecule has 0 unspecified atom stereocenters. The van der Waals surface area contributed by atoms with Crippen LogP contribution in [0.5, 0.6) is 0 Å². The molecule has 1 aliphatic carbocycles. The molecule has 21 heavy (non-hydrogen) atoms. The Hall–Kier alpha value is -1.92. The fourth-order valence-electron chi connectivity index (χ4n) is 2.97. The zero-order valence-electron chi connectivity index (χ0n) is 12.1. The fourth-order valence-corrected chi connectivity index (χ4v) is 2.97. The van der Waals surface area contributed by atoms with E-state index in [9.17, 15) is 19.2 Å². The van der Waals surface area contributed by atoms with E-state index in [1.54, 1.807) is 6.92 Å². The zero-order chi connectivity index (χ0) is 15.5. The van der Waals surface area contributed by atoms with Crippen molar-refractivity contribution in [3.8, 4) is 0 Å².